The number of nitrogens with two attached hydrogens (primary N) is 1. The highest BCUT2D eigenvalue weighted by atomic mass is 16.1. The zero-order valence-electron chi connectivity index (χ0n) is 10.8. The van der Waals surface area contributed by atoms with E-state index in [1.807, 2.05) is 30.3 Å². The van der Waals surface area contributed by atoms with Gasteiger partial charge in [-0.1, -0.05) is 49.6 Å². The third-order valence-electron chi connectivity index (χ3n) is 3.83. The van der Waals surface area contributed by atoms with Crippen LogP contribution in [0.1, 0.15) is 37.2 Å². The van der Waals surface area contributed by atoms with E-state index in [0.717, 1.165) is 24.4 Å². The van der Waals surface area contributed by atoms with Crippen LogP contribution >= 0.6 is 0 Å². The molecule has 0 aliphatic heterocycles. The van der Waals surface area contributed by atoms with Crippen LogP contribution in [-0.4, -0.2) is 19.0 Å². The maximum Gasteiger partial charge on any atom is 0.228 e. The lowest BCUT2D eigenvalue weighted by Crippen LogP contribution is -2.35. The monoisotopic (exact) mass is 246 g/mol. The van der Waals surface area contributed by atoms with E-state index in [9.17, 15) is 4.79 Å². The van der Waals surface area contributed by atoms with E-state index in [4.69, 9.17) is 5.73 Å². The van der Waals surface area contributed by atoms with Crippen molar-refractivity contribution in [3.63, 3.8) is 0 Å². The van der Waals surface area contributed by atoms with E-state index in [1.54, 1.807) is 0 Å². The zero-order valence-corrected chi connectivity index (χ0v) is 10.8. The Hall–Kier alpha value is -1.35. The minimum Gasteiger partial charge on any atom is -0.356 e. The van der Waals surface area contributed by atoms with E-state index in [0.29, 0.717) is 6.54 Å². The number of rotatable bonds is 6. The molecule has 1 aliphatic carbocycles. The topological polar surface area (TPSA) is 55.1 Å². The Bertz CT molecular complexity index is 373. The number of hydrogen-bond acceptors (Lipinski definition) is 2. The van der Waals surface area contributed by atoms with Crippen molar-refractivity contribution in [2.24, 2.45) is 11.7 Å². The van der Waals surface area contributed by atoms with Crippen molar-refractivity contribution in [1.29, 1.82) is 0 Å². The largest absolute Gasteiger partial charge is 0.356 e. The number of carbonyl (C=O) groups is 1. The molecule has 3 nitrogen and oxygen atoms in total. The van der Waals surface area contributed by atoms with Gasteiger partial charge >= 0.3 is 0 Å². The molecule has 0 spiro atoms. The minimum absolute atomic E-state index is 0.0584. The zero-order chi connectivity index (χ0) is 12.8. The maximum atomic E-state index is 12.1. The summed E-state index contributed by atoms with van der Waals surface area (Å²) >= 11 is 0. The Kier molecular flexibility index (Phi) is 4.76. The lowest BCUT2D eigenvalue weighted by molar-refractivity contribution is -0.122. The predicted molar refractivity (Wildman–Crippen MR) is 73.2 cm³/mol. The molecular weight excluding hydrogens is 224 g/mol. The van der Waals surface area contributed by atoms with Crippen LogP contribution in [-0.2, 0) is 4.79 Å². The molecule has 1 aromatic carbocycles. The van der Waals surface area contributed by atoms with Gasteiger partial charge in [0.05, 0.1) is 5.92 Å². The van der Waals surface area contributed by atoms with E-state index < -0.39 is 0 Å². The highest BCUT2D eigenvalue weighted by Gasteiger charge is 2.20. The summed E-state index contributed by atoms with van der Waals surface area (Å²) in [5.74, 6) is 0.675. The molecule has 3 N–H and O–H groups in total. The Balaban J connectivity index is 1.81. The molecule has 98 valence electrons. The van der Waals surface area contributed by atoms with Crippen molar-refractivity contribution < 1.29 is 4.79 Å². The molecule has 1 atom stereocenters. The molecule has 1 fully saturated rings. The summed E-state index contributed by atoms with van der Waals surface area (Å²) < 4.78 is 0. The number of benzene rings is 1. The van der Waals surface area contributed by atoms with E-state index >= 15 is 0 Å². The Morgan fingerprint density at radius 2 is 2.06 bits per heavy atom. The van der Waals surface area contributed by atoms with Gasteiger partial charge in [0.25, 0.3) is 0 Å². The van der Waals surface area contributed by atoms with Crippen molar-refractivity contribution in [2.45, 2.75) is 31.6 Å². The van der Waals surface area contributed by atoms with Gasteiger partial charge in [-0.25, -0.2) is 0 Å². The molecule has 0 saturated heterocycles. The fourth-order valence-electron chi connectivity index (χ4n) is 2.38. The summed E-state index contributed by atoms with van der Waals surface area (Å²) in [6.45, 7) is 1.14. The van der Waals surface area contributed by atoms with E-state index in [-0.39, 0.29) is 11.8 Å². The van der Waals surface area contributed by atoms with Gasteiger partial charge in [0.2, 0.25) is 5.91 Å². The first-order valence-electron chi connectivity index (χ1n) is 6.84. The Morgan fingerprint density at radius 1 is 1.33 bits per heavy atom. The van der Waals surface area contributed by atoms with Crippen LogP contribution in [0.4, 0.5) is 0 Å². The van der Waals surface area contributed by atoms with Gasteiger partial charge in [0.15, 0.2) is 0 Å². The van der Waals surface area contributed by atoms with Gasteiger partial charge in [-0.2, -0.15) is 0 Å². The molecule has 1 unspecified atom stereocenters. The van der Waals surface area contributed by atoms with Crippen LogP contribution in [0.15, 0.2) is 30.3 Å². The van der Waals surface area contributed by atoms with Crippen LogP contribution in [0.5, 0.6) is 0 Å². The summed E-state index contributed by atoms with van der Waals surface area (Å²) in [6, 6.07) is 9.76. The number of amides is 1. The Morgan fingerprint density at radius 3 is 2.61 bits per heavy atom. The first-order chi connectivity index (χ1) is 8.81. The van der Waals surface area contributed by atoms with Crippen molar-refractivity contribution in [2.75, 3.05) is 13.1 Å². The fraction of sp³-hybridized carbons (Fsp3) is 0.533. The first-order valence-corrected chi connectivity index (χ1v) is 6.84. The number of hydrogen-bond donors (Lipinski definition) is 2. The summed E-state index contributed by atoms with van der Waals surface area (Å²) in [6.07, 6.45) is 5.12. The maximum absolute atomic E-state index is 12.1. The van der Waals surface area contributed by atoms with Gasteiger partial charge in [-0.15, -0.1) is 0 Å². The van der Waals surface area contributed by atoms with E-state index in [2.05, 4.69) is 5.32 Å². The lowest BCUT2D eigenvalue weighted by Gasteiger charge is -2.25. The average Bonchev–Trinajstić information content (AvgIpc) is 2.34. The van der Waals surface area contributed by atoms with Crippen LogP contribution < -0.4 is 11.1 Å². The molecule has 1 amide bonds. The molecule has 0 bridgehead atoms. The third kappa shape index (κ3) is 3.33. The standard InChI is InChI=1S/C15H22N2O/c16-11-14(13-7-2-1-3-8-13)15(18)17-10-9-12-5-4-6-12/h1-3,7-8,12,14H,4-6,9-11,16H2,(H,17,18). The molecule has 1 saturated carbocycles. The highest BCUT2D eigenvalue weighted by molar-refractivity contribution is 5.83. The van der Waals surface area contributed by atoms with Gasteiger partial charge in [-0.3, -0.25) is 4.79 Å². The second-order valence-electron chi connectivity index (χ2n) is 5.08. The molecule has 0 radical (unpaired) electrons. The quantitative estimate of drug-likeness (QED) is 0.807. The summed E-state index contributed by atoms with van der Waals surface area (Å²) in [5, 5.41) is 3.01. The SMILES string of the molecule is NCC(C(=O)NCCC1CCC1)c1ccccc1. The van der Waals surface area contributed by atoms with Crippen LogP contribution in [0.25, 0.3) is 0 Å². The predicted octanol–water partition coefficient (Wildman–Crippen LogP) is 2.04. The summed E-state index contributed by atoms with van der Waals surface area (Å²) in [4.78, 5) is 12.1. The van der Waals surface area contributed by atoms with Crippen molar-refractivity contribution >= 4 is 5.91 Å². The van der Waals surface area contributed by atoms with Gasteiger partial charge in [0, 0.05) is 13.1 Å². The van der Waals surface area contributed by atoms with Crippen LogP contribution in [0, 0.1) is 5.92 Å². The fourth-order valence-corrected chi connectivity index (χ4v) is 2.38. The minimum atomic E-state index is -0.215. The molecule has 0 aromatic heterocycles. The molecule has 3 heteroatoms. The van der Waals surface area contributed by atoms with Crippen LogP contribution in [0.3, 0.4) is 0 Å². The highest BCUT2D eigenvalue weighted by Crippen LogP contribution is 2.28. The van der Waals surface area contributed by atoms with Crippen molar-refractivity contribution in [3.8, 4) is 0 Å². The van der Waals surface area contributed by atoms with Gasteiger partial charge < -0.3 is 11.1 Å². The number of nitrogens with one attached hydrogen (secondary N) is 1. The lowest BCUT2D eigenvalue weighted by atomic mass is 9.83. The normalized spacial score (nSPS) is 16.9. The van der Waals surface area contributed by atoms with Gasteiger partial charge in [-0.05, 0) is 17.9 Å². The summed E-state index contributed by atoms with van der Waals surface area (Å²) in [5.41, 5.74) is 6.71. The first kappa shape index (κ1) is 13.1. The third-order valence-corrected chi connectivity index (χ3v) is 3.83. The van der Waals surface area contributed by atoms with E-state index in [1.165, 1.54) is 19.3 Å². The molecule has 1 aliphatic rings. The molecule has 18 heavy (non-hydrogen) atoms. The smallest absolute Gasteiger partial charge is 0.228 e. The molecule has 0 heterocycles. The second kappa shape index (κ2) is 6.55. The number of carbonyl (C=O) groups excluding carboxylic acids is 1. The second-order valence-corrected chi connectivity index (χ2v) is 5.08. The van der Waals surface area contributed by atoms with Crippen LogP contribution in [0.2, 0.25) is 0 Å². The van der Waals surface area contributed by atoms with Crippen molar-refractivity contribution in [1.82, 2.24) is 5.32 Å². The molecule has 2 rings (SSSR count). The van der Waals surface area contributed by atoms with Crippen molar-refractivity contribution in [3.05, 3.63) is 35.9 Å². The summed E-state index contributed by atoms with van der Waals surface area (Å²) in [7, 11) is 0. The Labute approximate surface area is 109 Å². The molecule has 1 aromatic rings. The molecular formula is C15H22N2O. The average molecular weight is 246 g/mol. The van der Waals surface area contributed by atoms with Gasteiger partial charge in [0.1, 0.15) is 0 Å².